The van der Waals surface area contributed by atoms with Crippen molar-refractivity contribution >= 4 is 5.91 Å². The van der Waals surface area contributed by atoms with Gasteiger partial charge in [0.05, 0.1) is 0 Å². The van der Waals surface area contributed by atoms with Gasteiger partial charge in [0.1, 0.15) is 0 Å². The molecule has 1 aliphatic heterocycles. The molecule has 0 fully saturated rings. The first kappa shape index (κ1) is 11.8. The second kappa shape index (κ2) is 4.96. The number of fused-ring (bicyclic) bond motifs is 1. The van der Waals surface area contributed by atoms with Gasteiger partial charge in [-0.2, -0.15) is 0 Å². The second-order valence-corrected chi connectivity index (χ2v) is 4.55. The van der Waals surface area contributed by atoms with E-state index in [4.69, 9.17) is 0 Å². The minimum Gasteiger partial charge on any atom is -0.337 e. The number of hydrogen-bond donors (Lipinski definition) is 0. The highest BCUT2D eigenvalue weighted by molar-refractivity contribution is 5.98. The van der Waals surface area contributed by atoms with Crippen molar-refractivity contribution in [3.63, 3.8) is 0 Å². The second-order valence-electron chi connectivity index (χ2n) is 4.55. The number of amides is 1. The fourth-order valence-electron chi connectivity index (χ4n) is 1.40. The summed E-state index contributed by atoms with van der Waals surface area (Å²) in [4.78, 5) is 13.0. The summed E-state index contributed by atoms with van der Waals surface area (Å²) in [7, 11) is 1.82. The number of benzene rings is 1. The minimum atomic E-state index is 0.139. The van der Waals surface area contributed by atoms with Crippen molar-refractivity contribution in [2.24, 2.45) is 5.92 Å². The molecule has 0 spiro atoms. The summed E-state index contributed by atoms with van der Waals surface area (Å²) >= 11 is 0. The van der Waals surface area contributed by atoms with E-state index in [0.717, 1.165) is 23.6 Å². The Labute approximate surface area is 91.9 Å². The molecule has 0 saturated carbocycles. The van der Waals surface area contributed by atoms with E-state index in [1.807, 2.05) is 31.3 Å². The molecule has 1 aromatic carbocycles. The molecule has 0 bridgehead atoms. The Kier molecular flexibility index (Phi) is 3.89. The summed E-state index contributed by atoms with van der Waals surface area (Å²) in [6.07, 6.45) is 0. The molecule has 1 amide bonds. The van der Waals surface area contributed by atoms with Gasteiger partial charge in [-0.05, 0) is 17.5 Å². The Morgan fingerprint density at radius 2 is 1.73 bits per heavy atom. The summed E-state index contributed by atoms with van der Waals surface area (Å²) in [6, 6.07) is 7.74. The minimum absolute atomic E-state index is 0.139. The Hall–Kier alpha value is -1.31. The predicted molar refractivity (Wildman–Crippen MR) is 62.8 cm³/mol. The zero-order valence-corrected chi connectivity index (χ0v) is 9.95. The highest BCUT2D eigenvalue weighted by Crippen LogP contribution is 2.19. The molecule has 82 valence electrons. The van der Waals surface area contributed by atoms with Crippen LogP contribution in [0.4, 0.5) is 0 Å². The van der Waals surface area contributed by atoms with Crippen LogP contribution in [-0.4, -0.2) is 17.9 Å². The largest absolute Gasteiger partial charge is 0.337 e. The van der Waals surface area contributed by atoms with Gasteiger partial charge in [-0.15, -0.1) is 0 Å². The van der Waals surface area contributed by atoms with E-state index in [9.17, 15) is 4.79 Å². The zero-order valence-electron chi connectivity index (χ0n) is 9.95. The highest BCUT2D eigenvalue weighted by atomic mass is 16.2. The van der Waals surface area contributed by atoms with Gasteiger partial charge in [-0.25, -0.2) is 0 Å². The van der Waals surface area contributed by atoms with Crippen LogP contribution < -0.4 is 0 Å². The Morgan fingerprint density at radius 1 is 1.20 bits per heavy atom. The van der Waals surface area contributed by atoms with E-state index in [2.05, 4.69) is 20.8 Å². The molecule has 0 unspecified atom stereocenters. The van der Waals surface area contributed by atoms with Gasteiger partial charge in [-0.3, -0.25) is 4.79 Å². The van der Waals surface area contributed by atoms with Gasteiger partial charge in [0.2, 0.25) is 0 Å². The maximum Gasteiger partial charge on any atom is 0.254 e. The third-order valence-electron chi connectivity index (χ3n) is 2.00. The molecule has 2 heteroatoms. The van der Waals surface area contributed by atoms with Gasteiger partial charge < -0.3 is 4.90 Å². The topological polar surface area (TPSA) is 20.3 Å². The molecular weight excluding hydrogens is 186 g/mol. The van der Waals surface area contributed by atoms with E-state index in [-0.39, 0.29) is 5.91 Å². The molecule has 0 aromatic heterocycles. The standard InChI is InChI=1S/C9H9NO.C4H10/c1-10-6-7-4-2-3-5-8(7)9(10)11;1-4(2)3/h2-5H,6H2,1H3;4H,1-3H3. The third-order valence-corrected chi connectivity index (χ3v) is 2.00. The summed E-state index contributed by atoms with van der Waals surface area (Å²) in [5.74, 6) is 0.973. The number of hydrogen-bond acceptors (Lipinski definition) is 1. The lowest BCUT2D eigenvalue weighted by Gasteiger charge is -2.04. The van der Waals surface area contributed by atoms with Crippen molar-refractivity contribution in [2.75, 3.05) is 7.05 Å². The molecule has 0 aliphatic carbocycles. The van der Waals surface area contributed by atoms with Gasteiger partial charge in [0.15, 0.2) is 0 Å². The summed E-state index contributed by atoms with van der Waals surface area (Å²) in [5, 5.41) is 0. The molecule has 15 heavy (non-hydrogen) atoms. The lowest BCUT2D eigenvalue weighted by Crippen LogP contribution is -2.17. The lowest BCUT2D eigenvalue weighted by molar-refractivity contribution is 0.0816. The van der Waals surface area contributed by atoms with Gasteiger partial charge in [0, 0.05) is 19.2 Å². The molecule has 0 saturated heterocycles. The molecule has 1 heterocycles. The van der Waals surface area contributed by atoms with Crippen LogP contribution in [0.1, 0.15) is 36.7 Å². The lowest BCUT2D eigenvalue weighted by atomic mass is 10.1. The average Bonchev–Trinajstić information content (AvgIpc) is 2.43. The SMILES string of the molecule is CC(C)C.CN1Cc2ccccc2C1=O. The van der Waals surface area contributed by atoms with Crippen LogP contribution in [0.3, 0.4) is 0 Å². The monoisotopic (exact) mass is 205 g/mol. The van der Waals surface area contributed by atoms with Crippen LogP contribution in [0, 0.1) is 5.92 Å². The van der Waals surface area contributed by atoms with Crippen molar-refractivity contribution in [2.45, 2.75) is 27.3 Å². The Balaban J connectivity index is 0.000000245. The van der Waals surface area contributed by atoms with Crippen molar-refractivity contribution < 1.29 is 4.79 Å². The summed E-state index contributed by atoms with van der Waals surface area (Å²) in [5.41, 5.74) is 2.00. The van der Waals surface area contributed by atoms with Crippen LogP contribution in [-0.2, 0) is 6.54 Å². The molecule has 0 radical (unpaired) electrons. The predicted octanol–water partition coefficient (Wildman–Crippen LogP) is 2.93. The van der Waals surface area contributed by atoms with Gasteiger partial charge >= 0.3 is 0 Å². The maximum absolute atomic E-state index is 11.3. The van der Waals surface area contributed by atoms with Gasteiger partial charge in [-0.1, -0.05) is 39.0 Å². The molecule has 2 nitrogen and oxygen atoms in total. The normalized spacial score (nSPS) is 13.7. The van der Waals surface area contributed by atoms with Crippen LogP contribution in [0.2, 0.25) is 0 Å². The first-order chi connectivity index (χ1) is 7.02. The van der Waals surface area contributed by atoms with Crippen LogP contribution in [0.5, 0.6) is 0 Å². The van der Waals surface area contributed by atoms with E-state index in [1.165, 1.54) is 0 Å². The first-order valence-electron chi connectivity index (χ1n) is 5.35. The third kappa shape index (κ3) is 3.08. The van der Waals surface area contributed by atoms with Crippen molar-refractivity contribution in [3.05, 3.63) is 35.4 Å². The first-order valence-corrected chi connectivity index (χ1v) is 5.35. The van der Waals surface area contributed by atoms with E-state index in [1.54, 1.807) is 4.90 Å². The molecule has 2 rings (SSSR count). The van der Waals surface area contributed by atoms with Crippen LogP contribution in [0.25, 0.3) is 0 Å². The highest BCUT2D eigenvalue weighted by Gasteiger charge is 2.22. The van der Waals surface area contributed by atoms with E-state index in [0.29, 0.717) is 0 Å². The quantitative estimate of drug-likeness (QED) is 0.637. The molecule has 1 aromatic rings. The fourth-order valence-corrected chi connectivity index (χ4v) is 1.40. The van der Waals surface area contributed by atoms with Crippen molar-refractivity contribution in [1.29, 1.82) is 0 Å². The van der Waals surface area contributed by atoms with E-state index < -0.39 is 0 Å². The van der Waals surface area contributed by atoms with Gasteiger partial charge in [0.25, 0.3) is 5.91 Å². The Bertz CT molecular complexity index is 341. The fraction of sp³-hybridized carbons (Fsp3) is 0.462. The zero-order chi connectivity index (χ0) is 11.4. The smallest absolute Gasteiger partial charge is 0.254 e. The van der Waals surface area contributed by atoms with Crippen LogP contribution >= 0.6 is 0 Å². The van der Waals surface area contributed by atoms with Crippen molar-refractivity contribution in [3.8, 4) is 0 Å². The maximum atomic E-state index is 11.3. The number of carbonyl (C=O) groups is 1. The summed E-state index contributed by atoms with van der Waals surface area (Å²) < 4.78 is 0. The summed E-state index contributed by atoms with van der Waals surface area (Å²) in [6.45, 7) is 7.26. The molecule has 1 aliphatic rings. The number of rotatable bonds is 0. The molecular formula is C13H19NO. The average molecular weight is 205 g/mol. The molecule has 0 atom stereocenters. The van der Waals surface area contributed by atoms with Crippen LogP contribution in [0.15, 0.2) is 24.3 Å². The molecule has 0 N–H and O–H groups in total. The van der Waals surface area contributed by atoms with E-state index >= 15 is 0 Å². The number of carbonyl (C=O) groups excluding carboxylic acids is 1. The number of nitrogens with zero attached hydrogens (tertiary/aromatic N) is 1. The Morgan fingerprint density at radius 3 is 2.27 bits per heavy atom. The van der Waals surface area contributed by atoms with Crippen molar-refractivity contribution in [1.82, 2.24) is 4.90 Å².